The first-order valence-corrected chi connectivity index (χ1v) is 20.7. The number of carbonyl (C=O) groups is 3. The highest BCUT2D eigenvalue weighted by molar-refractivity contribution is 5.94. The number of halogens is 3. The topological polar surface area (TPSA) is 220 Å². The van der Waals surface area contributed by atoms with E-state index in [1.165, 1.54) is 0 Å². The van der Waals surface area contributed by atoms with Gasteiger partial charge in [-0.2, -0.15) is 23.1 Å². The number of fused-ring (bicyclic) bond motifs is 1. The van der Waals surface area contributed by atoms with Gasteiger partial charge < -0.3 is 50.4 Å². The number of alkyl halides is 3. The number of aromatic nitrogens is 5. The molecular formula is C43H49F3N10O7. The molecule has 2 saturated heterocycles. The van der Waals surface area contributed by atoms with E-state index in [4.69, 9.17) is 29.6 Å². The van der Waals surface area contributed by atoms with Gasteiger partial charge in [0.1, 0.15) is 18.0 Å². The molecule has 3 aliphatic rings. The van der Waals surface area contributed by atoms with E-state index in [1.54, 1.807) is 30.1 Å². The van der Waals surface area contributed by atoms with Crippen molar-refractivity contribution in [3.8, 4) is 0 Å². The van der Waals surface area contributed by atoms with Gasteiger partial charge in [0, 0.05) is 57.3 Å². The predicted molar refractivity (Wildman–Crippen MR) is 225 cm³/mol. The lowest BCUT2D eigenvalue weighted by Gasteiger charge is -2.27. The molecule has 3 aromatic heterocycles. The molecule has 63 heavy (non-hydrogen) atoms. The molecule has 0 unspecified atom stereocenters. The first kappa shape index (κ1) is 44.7. The van der Waals surface area contributed by atoms with E-state index in [0.29, 0.717) is 74.2 Å². The second kappa shape index (κ2) is 19.8. The second-order valence-corrected chi connectivity index (χ2v) is 15.5. The number of benzene rings is 2. The molecule has 0 radical (unpaired) electrons. The lowest BCUT2D eigenvalue weighted by atomic mass is 9.91. The summed E-state index contributed by atoms with van der Waals surface area (Å²) in [5, 5.41) is 38.9. The fourth-order valence-electron chi connectivity index (χ4n) is 7.97. The number of amides is 2. The number of anilines is 3. The molecule has 5 atom stereocenters. The fourth-order valence-corrected chi connectivity index (χ4v) is 7.97. The molecule has 3 fully saturated rings. The molecule has 5 aromatic rings. The molecule has 1 saturated carbocycles. The van der Waals surface area contributed by atoms with Crippen LogP contribution in [0, 0.1) is 0 Å². The number of imidazole rings is 1. The van der Waals surface area contributed by atoms with Gasteiger partial charge in [0.25, 0.3) is 5.91 Å². The average Bonchev–Trinajstić information content (AvgIpc) is 4.02. The van der Waals surface area contributed by atoms with Crippen LogP contribution in [0.25, 0.3) is 11.2 Å². The number of hydrogen-bond acceptors (Lipinski definition) is 13. The van der Waals surface area contributed by atoms with E-state index in [0.717, 1.165) is 30.0 Å². The molecule has 0 spiro atoms. The summed E-state index contributed by atoms with van der Waals surface area (Å²) in [5.74, 6) is -1.33. The van der Waals surface area contributed by atoms with Crippen LogP contribution in [-0.4, -0.2) is 134 Å². The number of morpholine rings is 1. The third kappa shape index (κ3) is 10.6. The van der Waals surface area contributed by atoms with Crippen molar-refractivity contribution in [2.45, 2.75) is 68.6 Å². The largest absolute Gasteiger partial charge is 0.490 e. The van der Waals surface area contributed by atoms with Gasteiger partial charge in [-0.05, 0) is 36.1 Å². The highest BCUT2D eigenvalue weighted by Crippen LogP contribution is 2.36. The van der Waals surface area contributed by atoms with Crippen molar-refractivity contribution in [1.82, 2.24) is 35.1 Å². The Morgan fingerprint density at radius 1 is 0.873 bits per heavy atom. The highest BCUT2D eigenvalue weighted by atomic mass is 19.4. The van der Waals surface area contributed by atoms with Gasteiger partial charge in [-0.3, -0.25) is 9.59 Å². The van der Waals surface area contributed by atoms with Crippen molar-refractivity contribution < 1.29 is 47.6 Å². The number of carboxylic acid groups (broad SMARTS) is 1. The maximum Gasteiger partial charge on any atom is 0.490 e. The standard InChI is InChI=1S/C41H48N10O5.C2HF3O2/c1-2-34(52)46-31-21-32(37(54)36(31)53)51-25-44-35-38(43-23-30(26-9-5-3-6-10-26)27-11-7-4-8-12-27)47-41(48-39(35)51)50-16-15-29(24-50)45-40(55)28-13-14-33(42-22-28)49-17-19-56-20-18-49;3-2(4,5)1(6)7/h3-14,22,25,29-32,36-37,53-54H,2,15-21,23-24H2,1H3,(H,45,55)(H,46,52)(H,43,47,48);(H,6,7)/t29-,31+,32-,36-,37+;/m1./s1. The van der Waals surface area contributed by atoms with Crippen molar-refractivity contribution in [3.63, 3.8) is 0 Å². The van der Waals surface area contributed by atoms with Gasteiger partial charge in [0.2, 0.25) is 11.9 Å². The highest BCUT2D eigenvalue weighted by Gasteiger charge is 2.44. The molecule has 2 amide bonds. The van der Waals surface area contributed by atoms with Crippen molar-refractivity contribution in [2.24, 2.45) is 0 Å². The molecule has 5 heterocycles. The summed E-state index contributed by atoms with van der Waals surface area (Å²) in [6.07, 6.45) is -2.90. The summed E-state index contributed by atoms with van der Waals surface area (Å²) in [5.41, 5.74) is 3.80. The van der Waals surface area contributed by atoms with Crippen LogP contribution >= 0.6 is 0 Å². The van der Waals surface area contributed by atoms with Gasteiger partial charge in [0.15, 0.2) is 17.0 Å². The van der Waals surface area contributed by atoms with Gasteiger partial charge in [-0.25, -0.2) is 14.8 Å². The van der Waals surface area contributed by atoms with E-state index in [2.05, 4.69) is 50.1 Å². The lowest BCUT2D eigenvalue weighted by molar-refractivity contribution is -0.192. The molecule has 8 rings (SSSR count). The van der Waals surface area contributed by atoms with Crippen molar-refractivity contribution in [3.05, 3.63) is 102 Å². The number of aliphatic hydroxyl groups is 2. The number of aliphatic hydroxyl groups excluding tert-OH is 2. The summed E-state index contributed by atoms with van der Waals surface area (Å²) in [6.45, 7) is 6.20. The Morgan fingerprint density at radius 3 is 2.14 bits per heavy atom. The van der Waals surface area contributed by atoms with Crippen molar-refractivity contribution in [2.75, 3.05) is 61.1 Å². The Labute approximate surface area is 360 Å². The minimum absolute atomic E-state index is 0.00601. The number of nitrogens with one attached hydrogen (secondary N) is 3. The third-order valence-electron chi connectivity index (χ3n) is 11.4. The molecular weight excluding hydrogens is 826 g/mol. The Kier molecular flexibility index (Phi) is 14.0. The van der Waals surface area contributed by atoms with Gasteiger partial charge >= 0.3 is 12.1 Å². The summed E-state index contributed by atoms with van der Waals surface area (Å²) in [4.78, 5) is 58.0. The summed E-state index contributed by atoms with van der Waals surface area (Å²) in [6, 6.07) is 22.9. The summed E-state index contributed by atoms with van der Waals surface area (Å²) in [7, 11) is 0. The number of carboxylic acids is 1. The van der Waals surface area contributed by atoms with Crippen LogP contribution in [0.15, 0.2) is 85.3 Å². The number of ether oxygens (including phenoxy) is 1. The van der Waals surface area contributed by atoms with Crippen LogP contribution in [0.4, 0.5) is 30.8 Å². The number of rotatable bonds is 12. The first-order chi connectivity index (χ1) is 30.3. The van der Waals surface area contributed by atoms with E-state index < -0.39 is 36.4 Å². The lowest BCUT2D eigenvalue weighted by Crippen LogP contribution is -2.42. The van der Waals surface area contributed by atoms with Crippen LogP contribution in [0.3, 0.4) is 0 Å². The van der Waals surface area contributed by atoms with Crippen LogP contribution in [-0.2, 0) is 14.3 Å². The number of nitrogens with zero attached hydrogens (tertiary/aromatic N) is 7. The summed E-state index contributed by atoms with van der Waals surface area (Å²) >= 11 is 0. The number of hydrogen-bond donors (Lipinski definition) is 6. The normalized spacial score (nSPS) is 21.2. The van der Waals surface area contributed by atoms with Crippen LogP contribution in [0.5, 0.6) is 0 Å². The van der Waals surface area contributed by atoms with Gasteiger partial charge in [-0.1, -0.05) is 67.6 Å². The zero-order valence-electron chi connectivity index (χ0n) is 34.4. The Morgan fingerprint density at radius 2 is 1.54 bits per heavy atom. The molecule has 1 aliphatic carbocycles. The average molecular weight is 875 g/mol. The van der Waals surface area contributed by atoms with Crippen LogP contribution < -0.4 is 25.8 Å². The van der Waals surface area contributed by atoms with Crippen LogP contribution in [0.2, 0.25) is 0 Å². The number of pyridine rings is 1. The molecule has 334 valence electrons. The Hall–Kier alpha value is -6.38. The molecule has 20 heteroatoms. The smallest absolute Gasteiger partial charge is 0.475 e. The molecule has 2 aromatic carbocycles. The van der Waals surface area contributed by atoms with Crippen LogP contribution in [0.1, 0.15) is 59.6 Å². The zero-order valence-corrected chi connectivity index (χ0v) is 34.4. The minimum Gasteiger partial charge on any atom is -0.475 e. The van der Waals surface area contributed by atoms with E-state index >= 15 is 0 Å². The van der Waals surface area contributed by atoms with Crippen molar-refractivity contribution in [1.29, 1.82) is 0 Å². The first-order valence-electron chi connectivity index (χ1n) is 20.7. The number of aliphatic carboxylic acids is 1. The maximum absolute atomic E-state index is 13.3. The fraction of sp³-hybridized carbons (Fsp3) is 0.419. The molecule has 6 N–H and O–H groups in total. The minimum atomic E-state index is -5.08. The Balaban J connectivity index is 0.000000785. The van der Waals surface area contributed by atoms with E-state index in [1.807, 2.05) is 47.4 Å². The van der Waals surface area contributed by atoms with Crippen molar-refractivity contribution >= 4 is 46.5 Å². The monoisotopic (exact) mass is 874 g/mol. The zero-order chi connectivity index (χ0) is 44.7. The molecule has 17 nitrogen and oxygen atoms in total. The van der Waals surface area contributed by atoms with Gasteiger partial charge in [-0.15, -0.1) is 0 Å². The quantitative estimate of drug-likeness (QED) is 0.106. The second-order valence-electron chi connectivity index (χ2n) is 15.5. The SMILES string of the molecule is CCC(=O)N[C@H]1C[C@@H](n2cnc3c(NCC(c4ccccc4)c4ccccc4)nc(N4CC[C@@H](NC(=O)c5ccc(N6CCOCC6)nc5)C4)nc32)[C@H](O)[C@@H]1O.O=C(O)C(F)(F)F. The molecule has 2 aliphatic heterocycles. The van der Waals surface area contributed by atoms with E-state index in [9.17, 15) is 33.0 Å². The Bertz CT molecular complexity index is 2290. The maximum atomic E-state index is 13.3. The summed E-state index contributed by atoms with van der Waals surface area (Å²) < 4.78 is 39.0. The van der Waals surface area contributed by atoms with Gasteiger partial charge in [0.05, 0.1) is 37.2 Å². The third-order valence-corrected chi connectivity index (χ3v) is 11.4. The predicted octanol–water partition coefficient (Wildman–Crippen LogP) is 3.51. The number of carbonyl (C=O) groups excluding carboxylic acids is 2. The van der Waals surface area contributed by atoms with E-state index in [-0.39, 0.29) is 30.2 Å². The molecule has 0 bridgehead atoms.